The number of ether oxygens (including phenoxy) is 2. The lowest BCUT2D eigenvalue weighted by atomic mass is 10.2. The molecule has 1 aromatic carbocycles. The van der Waals surface area contributed by atoms with Crippen molar-refractivity contribution in [3.05, 3.63) is 50.9 Å². The molecule has 0 aliphatic rings. The Morgan fingerprint density at radius 3 is 2.37 bits per heavy atom. The molecule has 0 fully saturated rings. The van der Waals surface area contributed by atoms with Crippen molar-refractivity contribution >= 4 is 16.9 Å². The van der Waals surface area contributed by atoms with Crippen molar-refractivity contribution in [2.75, 3.05) is 14.2 Å². The third-order valence-corrected chi connectivity index (χ3v) is 4.77. The fraction of sp³-hybridized carbons (Fsp3) is 0.278. The van der Waals surface area contributed by atoms with E-state index in [1.807, 2.05) is 35.9 Å². The summed E-state index contributed by atoms with van der Waals surface area (Å²) >= 11 is 0. The van der Waals surface area contributed by atoms with Gasteiger partial charge in [-0.05, 0) is 19.1 Å². The molecule has 27 heavy (non-hydrogen) atoms. The molecular formula is C18H19N5O4. The second kappa shape index (κ2) is 5.76. The second-order valence-electron chi connectivity index (χ2n) is 6.30. The molecule has 9 heteroatoms. The molecule has 0 atom stereocenters. The molecular weight excluding hydrogens is 350 g/mol. The number of methoxy groups -OCH3 is 2. The summed E-state index contributed by atoms with van der Waals surface area (Å²) in [5, 5.41) is 0. The molecule has 140 valence electrons. The van der Waals surface area contributed by atoms with Gasteiger partial charge in [0.15, 0.2) is 22.7 Å². The molecule has 0 aliphatic carbocycles. The third kappa shape index (κ3) is 2.21. The van der Waals surface area contributed by atoms with Crippen LogP contribution in [0.25, 0.3) is 22.6 Å². The first-order valence-corrected chi connectivity index (χ1v) is 8.27. The van der Waals surface area contributed by atoms with Gasteiger partial charge in [-0.2, -0.15) is 4.98 Å². The highest BCUT2D eigenvalue weighted by atomic mass is 16.5. The maximum absolute atomic E-state index is 12.7. The summed E-state index contributed by atoms with van der Waals surface area (Å²) in [6, 6.07) is 5.52. The largest absolute Gasteiger partial charge is 0.493 e. The minimum Gasteiger partial charge on any atom is -0.493 e. The third-order valence-electron chi connectivity index (χ3n) is 4.77. The molecule has 4 rings (SSSR count). The second-order valence-corrected chi connectivity index (χ2v) is 6.30. The van der Waals surface area contributed by atoms with Crippen LogP contribution in [-0.2, 0) is 14.1 Å². The summed E-state index contributed by atoms with van der Waals surface area (Å²) in [7, 11) is 6.21. The fourth-order valence-electron chi connectivity index (χ4n) is 3.37. The number of benzene rings is 1. The predicted octanol–water partition coefficient (Wildman–Crippen LogP) is 1.00. The molecule has 3 heterocycles. The van der Waals surface area contributed by atoms with E-state index < -0.39 is 5.69 Å². The predicted molar refractivity (Wildman–Crippen MR) is 100 cm³/mol. The molecule has 4 aromatic rings. The van der Waals surface area contributed by atoms with Gasteiger partial charge in [0.1, 0.15) is 0 Å². The van der Waals surface area contributed by atoms with Crippen molar-refractivity contribution < 1.29 is 9.47 Å². The first-order chi connectivity index (χ1) is 12.9. The van der Waals surface area contributed by atoms with Crippen LogP contribution < -0.4 is 20.7 Å². The summed E-state index contributed by atoms with van der Waals surface area (Å²) < 4.78 is 16.7. The molecule has 0 saturated heterocycles. The molecule has 9 nitrogen and oxygen atoms in total. The lowest BCUT2D eigenvalue weighted by Crippen LogP contribution is -2.37. The van der Waals surface area contributed by atoms with Gasteiger partial charge in [-0.1, -0.05) is 0 Å². The summed E-state index contributed by atoms with van der Waals surface area (Å²) in [6.07, 6.45) is 1.83. The minimum absolute atomic E-state index is 0.340. The van der Waals surface area contributed by atoms with E-state index in [2.05, 4.69) is 4.98 Å². The van der Waals surface area contributed by atoms with Crippen molar-refractivity contribution in [1.29, 1.82) is 0 Å². The van der Waals surface area contributed by atoms with E-state index in [-0.39, 0.29) is 5.56 Å². The van der Waals surface area contributed by atoms with E-state index in [0.717, 1.165) is 15.9 Å². The van der Waals surface area contributed by atoms with E-state index in [1.54, 1.807) is 25.7 Å². The monoisotopic (exact) mass is 369 g/mol. The Hall–Kier alpha value is -3.49. The molecule has 0 radical (unpaired) electrons. The number of nitrogens with zero attached hydrogens (tertiary/aromatic N) is 5. The van der Waals surface area contributed by atoms with Crippen LogP contribution in [0.4, 0.5) is 0 Å². The summed E-state index contributed by atoms with van der Waals surface area (Å²) in [5.74, 6) is 1.74. The zero-order valence-corrected chi connectivity index (χ0v) is 15.7. The quantitative estimate of drug-likeness (QED) is 0.538. The van der Waals surface area contributed by atoms with Crippen molar-refractivity contribution in [2.24, 2.45) is 14.1 Å². The van der Waals surface area contributed by atoms with Gasteiger partial charge in [0.2, 0.25) is 5.78 Å². The summed E-state index contributed by atoms with van der Waals surface area (Å²) in [4.78, 5) is 29.5. The van der Waals surface area contributed by atoms with Crippen molar-refractivity contribution in [2.45, 2.75) is 6.92 Å². The topological polar surface area (TPSA) is 84.7 Å². The van der Waals surface area contributed by atoms with E-state index in [9.17, 15) is 9.59 Å². The molecule has 0 N–H and O–H groups in total. The Morgan fingerprint density at radius 1 is 1.00 bits per heavy atom. The standard InChI is InChI=1S/C18H19N5O4/c1-10-9-22-14-15(20(2)18(25)21(3)16(14)24)19-17(22)23(10)11-6-7-12(26-4)13(8-11)27-5/h6-9H,1-5H3. The maximum atomic E-state index is 12.7. The normalized spacial score (nSPS) is 11.4. The van der Waals surface area contributed by atoms with E-state index in [0.29, 0.717) is 28.4 Å². The Morgan fingerprint density at radius 2 is 1.70 bits per heavy atom. The smallest absolute Gasteiger partial charge is 0.332 e. The van der Waals surface area contributed by atoms with Gasteiger partial charge in [-0.3, -0.25) is 22.9 Å². The molecule has 0 unspecified atom stereocenters. The van der Waals surface area contributed by atoms with Crippen molar-refractivity contribution in [3.8, 4) is 17.2 Å². The van der Waals surface area contributed by atoms with E-state index >= 15 is 0 Å². The maximum Gasteiger partial charge on any atom is 0.332 e. The van der Waals surface area contributed by atoms with Crippen LogP contribution in [0.5, 0.6) is 11.5 Å². The van der Waals surface area contributed by atoms with Crippen LogP contribution in [0.3, 0.4) is 0 Å². The van der Waals surface area contributed by atoms with Crippen LogP contribution in [0, 0.1) is 6.92 Å². The first kappa shape index (κ1) is 17.0. The number of fused-ring (bicyclic) bond motifs is 3. The average molecular weight is 369 g/mol. The van der Waals surface area contributed by atoms with Gasteiger partial charge in [-0.15, -0.1) is 0 Å². The van der Waals surface area contributed by atoms with Crippen molar-refractivity contribution in [3.63, 3.8) is 0 Å². The Labute approximate surface area is 153 Å². The molecule has 0 bridgehead atoms. The highest BCUT2D eigenvalue weighted by Crippen LogP contribution is 2.31. The minimum atomic E-state index is -0.414. The number of hydrogen-bond acceptors (Lipinski definition) is 5. The zero-order valence-electron chi connectivity index (χ0n) is 15.7. The Bertz CT molecular complexity index is 1320. The SMILES string of the molecule is COc1ccc(-n2c(C)cn3c4c(=O)n(C)c(=O)n(C)c4nc23)cc1OC. The van der Waals surface area contributed by atoms with Crippen LogP contribution >= 0.6 is 0 Å². The molecule has 0 amide bonds. The number of aromatic nitrogens is 5. The highest BCUT2D eigenvalue weighted by Gasteiger charge is 2.20. The lowest BCUT2D eigenvalue weighted by molar-refractivity contribution is 0.355. The van der Waals surface area contributed by atoms with Crippen molar-refractivity contribution in [1.82, 2.24) is 23.1 Å². The fourth-order valence-corrected chi connectivity index (χ4v) is 3.37. The molecule has 3 aromatic heterocycles. The summed E-state index contributed by atoms with van der Waals surface area (Å²) in [6.45, 7) is 1.92. The van der Waals surface area contributed by atoms with Gasteiger partial charge < -0.3 is 9.47 Å². The van der Waals surface area contributed by atoms with Gasteiger partial charge in [-0.25, -0.2) is 4.79 Å². The molecule has 0 spiro atoms. The Kier molecular flexibility index (Phi) is 3.62. The number of rotatable bonds is 3. The number of aryl methyl sites for hydroxylation is 2. The van der Waals surface area contributed by atoms with E-state index in [4.69, 9.17) is 9.47 Å². The van der Waals surface area contributed by atoms with Gasteiger partial charge in [0, 0.05) is 32.1 Å². The molecule has 0 aliphatic heterocycles. The highest BCUT2D eigenvalue weighted by molar-refractivity contribution is 5.76. The number of imidazole rings is 2. The molecule has 0 saturated carbocycles. The van der Waals surface area contributed by atoms with Gasteiger partial charge in [0.05, 0.1) is 19.9 Å². The average Bonchev–Trinajstić information content (AvgIpc) is 3.18. The van der Waals surface area contributed by atoms with Crippen LogP contribution in [-0.4, -0.2) is 37.3 Å². The zero-order chi connectivity index (χ0) is 19.5. The van der Waals surface area contributed by atoms with Gasteiger partial charge in [0.25, 0.3) is 5.56 Å². The van der Waals surface area contributed by atoms with Crippen LogP contribution in [0.15, 0.2) is 34.0 Å². The Balaban J connectivity index is 2.10. The van der Waals surface area contributed by atoms with Crippen LogP contribution in [0.1, 0.15) is 5.69 Å². The van der Waals surface area contributed by atoms with Gasteiger partial charge >= 0.3 is 5.69 Å². The first-order valence-electron chi connectivity index (χ1n) is 8.27. The van der Waals surface area contributed by atoms with Crippen LogP contribution in [0.2, 0.25) is 0 Å². The lowest BCUT2D eigenvalue weighted by Gasteiger charge is -2.11. The van der Waals surface area contributed by atoms with E-state index in [1.165, 1.54) is 11.6 Å². The number of hydrogen-bond donors (Lipinski definition) is 0. The summed E-state index contributed by atoms with van der Waals surface area (Å²) in [5.41, 5.74) is 1.58.